The van der Waals surface area contributed by atoms with Crippen LogP contribution >= 0.6 is 0 Å². The summed E-state index contributed by atoms with van der Waals surface area (Å²) >= 11 is 0. The number of nitrogens with one attached hydrogen (secondary N) is 1. The summed E-state index contributed by atoms with van der Waals surface area (Å²) in [5.74, 6) is -2.65. The van der Waals surface area contributed by atoms with Crippen molar-refractivity contribution in [2.45, 2.75) is 40.2 Å². The number of benzene rings is 1. The number of hydrogen-bond acceptors (Lipinski definition) is 5. The second-order valence-corrected chi connectivity index (χ2v) is 8.18. The van der Waals surface area contributed by atoms with Gasteiger partial charge >= 0.3 is 11.9 Å². The summed E-state index contributed by atoms with van der Waals surface area (Å²) in [6.07, 6.45) is 2.32. The lowest BCUT2D eigenvalue weighted by Crippen LogP contribution is -2.34. The number of nitrogens with two attached hydrogens (primary N) is 1. The van der Waals surface area contributed by atoms with Crippen molar-refractivity contribution in [3.8, 4) is 11.1 Å². The number of anilines is 1. The van der Waals surface area contributed by atoms with Crippen molar-refractivity contribution >= 4 is 17.8 Å². The number of likely N-dealkylation sites (tertiary alicyclic amines) is 1. The molecule has 2 aromatic rings. The summed E-state index contributed by atoms with van der Waals surface area (Å²) in [5.41, 5.74) is 6.67. The minimum absolute atomic E-state index is 0.147. The fraction of sp³-hybridized carbons (Fsp3) is 0.409. The van der Waals surface area contributed by atoms with Crippen LogP contribution in [0.25, 0.3) is 11.1 Å². The van der Waals surface area contributed by atoms with Crippen molar-refractivity contribution in [3.63, 3.8) is 0 Å². The quantitative estimate of drug-likeness (QED) is 0.591. The SMILES string of the molecule is Cc1cc(CN2CCCC(C)C2)c(C)c(-c2c(C(=O)O)c(N)[nH]c(=O)c2C(=O)O)c1. The highest BCUT2D eigenvalue weighted by Crippen LogP contribution is 2.34. The third-order valence-electron chi connectivity index (χ3n) is 5.74. The highest BCUT2D eigenvalue weighted by atomic mass is 16.4. The smallest absolute Gasteiger partial charge is 0.342 e. The maximum atomic E-state index is 12.4. The largest absolute Gasteiger partial charge is 0.478 e. The van der Waals surface area contributed by atoms with Gasteiger partial charge in [0.25, 0.3) is 5.56 Å². The number of carbonyl (C=O) groups is 2. The molecule has 0 radical (unpaired) electrons. The number of H-pyrrole nitrogens is 1. The molecule has 0 spiro atoms. The number of pyridine rings is 1. The highest BCUT2D eigenvalue weighted by Gasteiger charge is 2.28. The molecule has 1 saturated heterocycles. The molecule has 0 bridgehead atoms. The Morgan fingerprint density at radius 2 is 1.87 bits per heavy atom. The molecule has 1 aliphatic rings. The first-order chi connectivity index (χ1) is 14.1. The maximum absolute atomic E-state index is 12.4. The molecule has 8 heteroatoms. The summed E-state index contributed by atoms with van der Waals surface area (Å²) in [5, 5.41) is 19.4. The molecule has 30 heavy (non-hydrogen) atoms. The summed E-state index contributed by atoms with van der Waals surface area (Å²) < 4.78 is 0. The third-order valence-corrected chi connectivity index (χ3v) is 5.74. The van der Waals surface area contributed by atoms with Crippen molar-refractivity contribution in [2.75, 3.05) is 18.8 Å². The molecule has 2 heterocycles. The number of aromatic amines is 1. The topological polar surface area (TPSA) is 137 Å². The van der Waals surface area contributed by atoms with E-state index in [-0.39, 0.29) is 11.4 Å². The lowest BCUT2D eigenvalue weighted by molar-refractivity contribution is 0.0695. The Labute approximate surface area is 174 Å². The molecule has 1 unspecified atom stereocenters. The van der Waals surface area contributed by atoms with Crippen molar-refractivity contribution < 1.29 is 19.8 Å². The monoisotopic (exact) mass is 413 g/mol. The number of aromatic nitrogens is 1. The van der Waals surface area contributed by atoms with E-state index >= 15 is 0 Å². The number of piperidine rings is 1. The van der Waals surface area contributed by atoms with Gasteiger partial charge < -0.3 is 20.9 Å². The van der Waals surface area contributed by atoms with E-state index in [1.54, 1.807) is 6.07 Å². The third kappa shape index (κ3) is 4.09. The maximum Gasteiger partial charge on any atom is 0.342 e. The molecule has 0 saturated carbocycles. The van der Waals surface area contributed by atoms with E-state index < -0.39 is 28.6 Å². The number of nitrogen functional groups attached to an aromatic ring is 1. The van der Waals surface area contributed by atoms with Gasteiger partial charge in [-0.1, -0.05) is 24.6 Å². The molecule has 5 N–H and O–H groups in total. The van der Waals surface area contributed by atoms with Gasteiger partial charge in [0.15, 0.2) is 0 Å². The van der Waals surface area contributed by atoms with E-state index in [1.807, 2.05) is 19.9 Å². The second kappa shape index (κ2) is 8.31. The molecule has 3 rings (SSSR count). The van der Waals surface area contributed by atoms with Crippen molar-refractivity contribution in [2.24, 2.45) is 5.92 Å². The number of hydrogen-bond donors (Lipinski definition) is 4. The van der Waals surface area contributed by atoms with Crippen LogP contribution < -0.4 is 11.3 Å². The lowest BCUT2D eigenvalue weighted by Gasteiger charge is -2.31. The van der Waals surface area contributed by atoms with Gasteiger partial charge in [-0.3, -0.25) is 9.69 Å². The highest BCUT2D eigenvalue weighted by molar-refractivity contribution is 6.07. The molecule has 0 amide bonds. The second-order valence-electron chi connectivity index (χ2n) is 8.18. The van der Waals surface area contributed by atoms with Crippen molar-refractivity contribution in [1.82, 2.24) is 9.88 Å². The first kappa shape index (κ1) is 21.6. The van der Waals surface area contributed by atoms with Crippen LogP contribution in [0.4, 0.5) is 5.82 Å². The van der Waals surface area contributed by atoms with Crippen LogP contribution in [0.15, 0.2) is 16.9 Å². The van der Waals surface area contributed by atoms with Crippen LogP contribution in [-0.4, -0.2) is 45.1 Å². The summed E-state index contributed by atoms with van der Waals surface area (Å²) in [6.45, 7) is 8.54. The number of aromatic carboxylic acids is 2. The number of carboxylic acid groups (broad SMARTS) is 2. The molecular weight excluding hydrogens is 386 g/mol. The van der Waals surface area contributed by atoms with Gasteiger partial charge in [0.05, 0.1) is 0 Å². The predicted octanol–water partition coefficient (Wildman–Crippen LogP) is 2.87. The Bertz CT molecular complexity index is 1070. The minimum Gasteiger partial charge on any atom is -0.478 e. The van der Waals surface area contributed by atoms with Gasteiger partial charge in [-0.05, 0) is 55.8 Å². The molecule has 0 aliphatic carbocycles. The van der Waals surface area contributed by atoms with Gasteiger partial charge in [0.2, 0.25) is 0 Å². The van der Waals surface area contributed by atoms with Crippen molar-refractivity contribution in [1.29, 1.82) is 0 Å². The average Bonchev–Trinajstić information content (AvgIpc) is 2.63. The van der Waals surface area contributed by atoms with Gasteiger partial charge in [-0.2, -0.15) is 0 Å². The van der Waals surface area contributed by atoms with Gasteiger partial charge in [0, 0.05) is 18.7 Å². The van der Waals surface area contributed by atoms with E-state index in [2.05, 4.69) is 16.8 Å². The zero-order valence-corrected chi connectivity index (χ0v) is 17.4. The Morgan fingerprint density at radius 1 is 1.20 bits per heavy atom. The minimum atomic E-state index is -1.50. The molecule has 1 fully saturated rings. The summed E-state index contributed by atoms with van der Waals surface area (Å²) in [4.78, 5) is 40.7. The van der Waals surface area contributed by atoms with Crippen LogP contribution in [0, 0.1) is 19.8 Å². The molecule has 160 valence electrons. The van der Waals surface area contributed by atoms with Gasteiger partial charge in [-0.15, -0.1) is 0 Å². The molecule has 8 nitrogen and oxygen atoms in total. The molecule has 1 aromatic heterocycles. The summed E-state index contributed by atoms with van der Waals surface area (Å²) in [7, 11) is 0. The van der Waals surface area contributed by atoms with E-state index in [4.69, 9.17) is 5.73 Å². The van der Waals surface area contributed by atoms with Crippen LogP contribution in [0.1, 0.15) is 57.2 Å². The van der Waals surface area contributed by atoms with E-state index in [0.29, 0.717) is 18.0 Å². The fourth-order valence-corrected chi connectivity index (χ4v) is 4.34. The van der Waals surface area contributed by atoms with Crippen LogP contribution in [0.2, 0.25) is 0 Å². The molecular formula is C22H27N3O5. The number of nitrogens with zero attached hydrogens (tertiary/aromatic N) is 1. The fourth-order valence-electron chi connectivity index (χ4n) is 4.34. The Hall–Kier alpha value is -3.13. The lowest BCUT2D eigenvalue weighted by atomic mass is 9.88. The average molecular weight is 413 g/mol. The summed E-state index contributed by atoms with van der Waals surface area (Å²) in [6, 6.07) is 3.74. The van der Waals surface area contributed by atoms with Gasteiger partial charge in [0.1, 0.15) is 16.9 Å². The van der Waals surface area contributed by atoms with E-state index in [9.17, 15) is 24.6 Å². The first-order valence-electron chi connectivity index (χ1n) is 9.95. The molecule has 1 aliphatic heterocycles. The zero-order chi connectivity index (χ0) is 22.2. The van der Waals surface area contributed by atoms with Crippen LogP contribution in [0.3, 0.4) is 0 Å². The van der Waals surface area contributed by atoms with Crippen molar-refractivity contribution in [3.05, 3.63) is 50.3 Å². The standard InChI is InChI=1S/C22H27N3O5/c1-11-5-4-6-25(9-11)10-14-7-12(2)8-15(13(14)3)16-17(21(27)28)19(23)24-20(26)18(16)22(29)30/h7-8,11H,4-6,9-10H2,1-3H3,(H,27,28)(H,29,30)(H3,23,24,26). The molecule has 1 aromatic carbocycles. The predicted molar refractivity (Wildman–Crippen MR) is 114 cm³/mol. The first-order valence-corrected chi connectivity index (χ1v) is 9.95. The zero-order valence-electron chi connectivity index (χ0n) is 17.4. The molecule has 1 atom stereocenters. The number of rotatable bonds is 5. The number of carboxylic acids is 2. The van der Waals surface area contributed by atoms with E-state index in [0.717, 1.165) is 36.2 Å². The Balaban J connectivity index is 2.24. The van der Waals surface area contributed by atoms with Gasteiger partial charge in [-0.25, -0.2) is 9.59 Å². The Kier molecular flexibility index (Phi) is 5.98. The van der Waals surface area contributed by atoms with Crippen LogP contribution in [0.5, 0.6) is 0 Å². The number of aryl methyl sites for hydroxylation is 1. The normalized spacial score (nSPS) is 17.1. The van der Waals surface area contributed by atoms with Crippen LogP contribution in [-0.2, 0) is 6.54 Å². The van der Waals surface area contributed by atoms with E-state index in [1.165, 1.54) is 6.42 Å². The Morgan fingerprint density at radius 3 is 2.47 bits per heavy atom.